The third kappa shape index (κ3) is 7.33. The minimum Gasteiger partial charge on any atom is -0.494 e. The smallest absolute Gasteiger partial charge is 0.331 e. The average Bonchev–Trinajstić information content (AvgIpc) is 2.98. The Morgan fingerprint density at radius 1 is 1.00 bits per heavy atom. The van der Waals surface area contributed by atoms with Crippen LogP contribution in [0.25, 0.3) is 0 Å². The van der Waals surface area contributed by atoms with Gasteiger partial charge in [-0.25, -0.2) is 9.18 Å². The van der Waals surface area contributed by atoms with E-state index in [4.69, 9.17) is 9.47 Å². The van der Waals surface area contributed by atoms with Crippen molar-refractivity contribution in [3.05, 3.63) is 108 Å². The Kier molecular flexibility index (Phi) is 8.67. The molecule has 2 N–H and O–H groups in total. The second-order valence-corrected chi connectivity index (χ2v) is 10.5. The van der Waals surface area contributed by atoms with Gasteiger partial charge in [-0.2, -0.15) is 0 Å². The molecule has 41 heavy (non-hydrogen) atoms. The van der Waals surface area contributed by atoms with Gasteiger partial charge in [0, 0.05) is 35.6 Å². The highest BCUT2D eigenvalue weighted by Gasteiger charge is 2.23. The lowest BCUT2D eigenvalue weighted by Crippen LogP contribution is -2.35. The third-order valence-electron chi connectivity index (χ3n) is 7.48. The number of aliphatic carboxylic acids is 1. The largest absolute Gasteiger partial charge is 0.494 e. The predicted octanol–water partition coefficient (Wildman–Crippen LogP) is 7.04. The average molecular weight is 557 g/mol. The number of piperidine rings is 1. The van der Waals surface area contributed by atoms with Gasteiger partial charge in [-0.15, -0.1) is 0 Å². The first kappa shape index (κ1) is 28.0. The van der Waals surface area contributed by atoms with Gasteiger partial charge in [0.25, 0.3) is 5.91 Å². The number of anilines is 2. The fraction of sp³-hybridized carbons (Fsp3) is 0.273. The Bertz CT molecular complexity index is 1440. The highest BCUT2D eigenvalue weighted by molar-refractivity contribution is 6.04. The van der Waals surface area contributed by atoms with Crippen LogP contribution in [0.15, 0.2) is 96.3 Å². The quantitative estimate of drug-likeness (QED) is 0.294. The molecule has 1 heterocycles. The number of hydrogen-bond acceptors (Lipinski definition) is 5. The van der Waals surface area contributed by atoms with Crippen LogP contribution in [0, 0.1) is 17.7 Å². The van der Waals surface area contributed by atoms with E-state index >= 15 is 0 Å². The molecule has 3 aromatic rings. The van der Waals surface area contributed by atoms with Gasteiger partial charge in [0.2, 0.25) is 0 Å². The third-order valence-corrected chi connectivity index (χ3v) is 7.48. The van der Waals surface area contributed by atoms with Crippen LogP contribution >= 0.6 is 0 Å². The van der Waals surface area contributed by atoms with Crippen molar-refractivity contribution in [3.8, 4) is 11.5 Å². The molecule has 2 aliphatic rings. The number of carbonyl (C=O) groups excluding carboxylic acids is 1. The summed E-state index contributed by atoms with van der Waals surface area (Å²) < 4.78 is 24.8. The fourth-order valence-electron chi connectivity index (χ4n) is 5.02. The van der Waals surface area contributed by atoms with Crippen molar-refractivity contribution < 1.29 is 28.6 Å². The van der Waals surface area contributed by atoms with Crippen molar-refractivity contribution in [1.82, 2.24) is 0 Å². The van der Waals surface area contributed by atoms with E-state index < -0.39 is 5.97 Å². The Morgan fingerprint density at radius 2 is 1.73 bits per heavy atom. The monoisotopic (exact) mass is 556 g/mol. The number of amides is 1. The first-order valence-corrected chi connectivity index (χ1v) is 13.8. The molecule has 1 saturated heterocycles. The zero-order chi connectivity index (χ0) is 28.8. The molecule has 0 radical (unpaired) electrons. The van der Waals surface area contributed by atoms with Crippen molar-refractivity contribution in [2.75, 3.05) is 29.9 Å². The lowest BCUT2D eigenvalue weighted by Gasteiger charge is -2.33. The lowest BCUT2D eigenvalue weighted by atomic mass is 9.92. The van der Waals surface area contributed by atoms with Gasteiger partial charge in [-0.05, 0) is 110 Å². The molecule has 8 heteroatoms. The first-order chi connectivity index (χ1) is 19.8. The maximum atomic E-state index is 13.1. The maximum Gasteiger partial charge on any atom is 0.331 e. The summed E-state index contributed by atoms with van der Waals surface area (Å²) in [7, 11) is 0. The number of halogens is 1. The van der Waals surface area contributed by atoms with Gasteiger partial charge >= 0.3 is 5.97 Å². The van der Waals surface area contributed by atoms with Crippen molar-refractivity contribution in [2.45, 2.75) is 26.2 Å². The summed E-state index contributed by atoms with van der Waals surface area (Å²) in [5.74, 6) is 0.567. The Balaban J connectivity index is 1.10. The van der Waals surface area contributed by atoms with Gasteiger partial charge in [0.15, 0.2) is 0 Å². The SMILES string of the molecule is CC1CC=C(OCC2CCN(c3ccc(NC(=O)c4cccc(Oc5ccc(F)cc5)c4)cc3)CC2)C=C1C(=O)O. The second kappa shape index (κ2) is 12.7. The van der Waals surface area contributed by atoms with Gasteiger partial charge in [0.1, 0.15) is 23.1 Å². The summed E-state index contributed by atoms with van der Waals surface area (Å²) in [6.45, 7) is 4.29. The molecule has 1 atom stereocenters. The summed E-state index contributed by atoms with van der Waals surface area (Å²) >= 11 is 0. The van der Waals surface area contributed by atoms with E-state index in [1.54, 1.807) is 30.3 Å². The van der Waals surface area contributed by atoms with Gasteiger partial charge in [0.05, 0.1) is 6.61 Å². The van der Waals surface area contributed by atoms with E-state index in [0.29, 0.717) is 53.0 Å². The molecule has 1 aliphatic heterocycles. The van der Waals surface area contributed by atoms with E-state index in [1.165, 1.54) is 24.3 Å². The maximum absolute atomic E-state index is 13.1. The Hall–Kier alpha value is -4.59. The van der Waals surface area contributed by atoms with Crippen molar-refractivity contribution in [3.63, 3.8) is 0 Å². The molecule has 1 amide bonds. The van der Waals surface area contributed by atoms with Crippen LogP contribution in [0.3, 0.4) is 0 Å². The van der Waals surface area contributed by atoms with Crippen molar-refractivity contribution in [1.29, 1.82) is 0 Å². The molecule has 5 rings (SSSR count). The van der Waals surface area contributed by atoms with Crippen LogP contribution < -0.4 is 15.0 Å². The minimum absolute atomic E-state index is 0.00243. The van der Waals surface area contributed by atoms with E-state index in [1.807, 2.05) is 37.3 Å². The zero-order valence-corrected chi connectivity index (χ0v) is 22.9. The van der Waals surface area contributed by atoms with Gasteiger partial charge < -0.3 is 24.8 Å². The highest BCUT2D eigenvalue weighted by atomic mass is 19.1. The predicted molar refractivity (Wildman–Crippen MR) is 156 cm³/mol. The van der Waals surface area contributed by atoms with Crippen LogP contribution in [0.5, 0.6) is 11.5 Å². The minimum atomic E-state index is -0.882. The summed E-state index contributed by atoms with van der Waals surface area (Å²) in [6.07, 6.45) is 6.28. The number of rotatable bonds is 9. The molecule has 1 aliphatic carbocycles. The standard InChI is InChI=1S/C33H33FN2O5/c1-22-5-12-29(20-31(22)33(38)39)40-21-23-15-17-36(18-16-23)27-10-8-26(9-11-27)35-32(37)24-3-2-4-30(19-24)41-28-13-6-25(34)7-14-28/h2-4,6-14,19-20,22-23H,5,15-18,21H2,1H3,(H,35,37)(H,38,39). The molecule has 0 bridgehead atoms. The number of nitrogens with zero attached hydrogens (tertiary/aromatic N) is 1. The molecular formula is C33H33FN2O5. The first-order valence-electron chi connectivity index (χ1n) is 13.8. The molecule has 3 aromatic carbocycles. The Labute approximate surface area is 238 Å². The topological polar surface area (TPSA) is 88.1 Å². The molecule has 1 unspecified atom stereocenters. The number of benzene rings is 3. The van der Waals surface area contributed by atoms with E-state index in [2.05, 4.69) is 10.2 Å². The summed E-state index contributed by atoms with van der Waals surface area (Å²) in [6, 6.07) is 20.3. The number of carboxylic acid groups (broad SMARTS) is 1. The number of hydrogen-bond donors (Lipinski definition) is 2. The van der Waals surface area contributed by atoms with Crippen LogP contribution in [-0.2, 0) is 9.53 Å². The molecular weight excluding hydrogens is 523 g/mol. The second-order valence-electron chi connectivity index (χ2n) is 10.5. The van der Waals surface area contributed by atoms with Crippen LogP contribution in [0.1, 0.15) is 36.5 Å². The number of ether oxygens (including phenoxy) is 2. The number of allylic oxidation sites excluding steroid dienone is 2. The van der Waals surface area contributed by atoms with Gasteiger partial charge in [-0.1, -0.05) is 13.0 Å². The summed E-state index contributed by atoms with van der Waals surface area (Å²) in [5.41, 5.74) is 2.64. The lowest BCUT2D eigenvalue weighted by molar-refractivity contribution is -0.133. The van der Waals surface area contributed by atoms with Gasteiger partial charge in [-0.3, -0.25) is 4.79 Å². The molecule has 1 fully saturated rings. The summed E-state index contributed by atoms with van der Waals surface area (Å²) in [4.78, 5) is 26.6. The summed E-state index contributed by atoms with van der Waals surface area (Å²) in [5, 5.41) is 12.3. The van der Waals surface area contributed by atoms with E-state index in [9.17, 15) is 19.1 Å². The molecule has 7 nitrogen and oxygen atoms in total. The molecule has 0 aromatic heterocycles. The number of carbonyl (C=O) groups is 2. The molecule has 212 valence electrons. The Morgan fingerprint density at radius 3 is 2.44 bits per heavy atom. The highest BCUT2D eigenvalue weighted by Crippen LogP contribution is 2.28. The van der Waals surface area contributed by atoms with Crippen molar-refractivity contribution >= 4 is 23.3 Å². The van der Waals surface area contributed by atoms with E-state index in [-0.39, 0.29) is 17.6 Å². The fourth-order valence-corrected chi connectivity index (χ4v) is 5.02. The van der Waals surface area contributed by atoms with Crippen LogP contribution in [0.4, 0.5) is 15.8 Å². The number of nitrogens with one attached hydrogen (secondary N) is 1. The van der Waals surface area contributed by atoms with Crippen LogP contribution in [0.2, 0.25) is 0 Å². The number of carboxylic acids is 1. The zero-order valence-electron chi connectivity index (χ0n) is 22.9. The van der Waals surface area contributed by atoms with Crippen LogP contribution in [-0.4, -0.2) is 36.7 Å². The molecule has 0 saturated carbocycles. The van der Waals surface area contributed by atoms with E-state index in [0.717, 1.165) is 31.6 Å². The van der Waals surface area contributed by atoms with Crippen molar-refractivity contribution in [2.24, 2.45) is 11.8 Å². The normalized spacial score (nSPS) is 17.3. The molecule has 0 spiro atoms.